The summed E-state index contributed by atoms with van der Waals surface area (Å²) >= 11 is 0. The van der Waals surface area contributed by atoms with Crippen LogP contribution in [0.25, 0.3) is 0 Å². The molecule has 1 saturated heterocycles. The molecule has 0 bridgehead atoms. The fourth-order valence-corrected chi connectivity index (χ4v) is 1.61. The van der Waals surface area contributed by atoms with Gasteiger partial charge < -0.3 is 19.9 Å². The summed E-state index contributed by atoms with van der Waals surface area (Å²) in [4.78, 5) is 13.7. The third-order valence-corrected chi connectivity index (χ3v) is 2.37. The SMILES string of the molecule is O=c1[nH]ccn1[C@H]1CC(O)[C@@H](CO)O1. The molecule has 1 aromatic heterocycles. The van der Waals surface area contributed by atoms with Gasteiger partial charge >= 0.3 is 5.69 Å². The Bertz CT molecular complexity index is 358. The second kappa shape index (κ2) is 3.56. The molecule has 1 unspecified atom stereocenters. The molecular weight excluding hydrogens is 188 g/mol. The van der Waals surface area contributed by atoms with Crippen LogP contribution in [0.5, 0.6) is 0 Å². The summed E-state index contributed by atoms with van der Waals surface area (Å²) < 4.78 is 6.65. The van der Waals surface area contributed by atoms with Crippen LogP contribution in [0, 0.1) is 0 Å². The maximum Gasteiger partial charge on any atom is 0.327 e. The molecular formula is C8H12N2O4. The Morgan fingerprint density at radius 1 is 1.71 bits per heavy atom. The predicted octanol–water partition coefficient (Wildman–Crippen LogP) is -1.18. The topological polar surface area (TPSA) is 87.5 Å². The van der Waals surface area contributed by atoms with Gasteiger partial charge in [0, 0.05) is 18.8 Å². The molecule has 14 heavy (non-hydrogen) atoms. The van der Waals surface area contributed by atoms with Crippen LogP contribution in [0.15, 0.2) is 17.2 Å². The number of aliphatic hydroxyl groups excluding tert-OH is 2. The first-order valence-corrected chi connectivity index (χ1v) is 4.42. The molecule has 1 aromatic rings. The van der Waals surface area contributed by atoms with E-state index in [9.17, 15) is 9.90 Å². The lowest BCUT2D eigenvalue weighted by molar-refractivity contribution is -0.0453. The third-order valence-electron chi connectivity index (χ3n) is 2.37. The molecule has 0 aliphatic carbocycles. The average Bonchev–Trinajstić information content (AvgIpc) is 2.71. The van der Waals surface area contributed by atoms with E-state index in [1.807, 2.05) is 0 Å². The van der Waals surface area contributed by atoms with E-state index in [0.717, 1.165) is 0 Å². The number of aromatic amines is 1. The van der Waals surface area contributed by atoms with Crippen LogP contribution < -0.4 is 5.69 Å². The summed E-state index contributed by atoms with van der Waals surface area (Å²) in [5.41, 5.74) is -0.277. The van der Waals surface area contributed by atoms with Crippen LogP contribution in [-0.2, 0) is 4.74 Å². The van der Waals surface area contributed by atoms with Crippen molar-refractivity contribution < 1.29 is 14.9 Å². The monoisotopic (exact) mass is 200 g/mol. The Morgan fingerprint density at radius 2 is 2.50 bits per heavy atom. The van der Waals surface area contributed by atoms with Crippen LogP contribution in [0.2, 0.25) is 0 Å². The molecule has 0 saturated carbocycles. The number of rotatable bonds is 2. The van der Waals surface area contributed by atoms with Gasteiger partial charge in [0.15, 0.2) is 0 Å². The van der Waals surface area contributed by atoms with E-state index < -0.39 is 18.4 Å². The van der Waals surface area contributed by atoms with Crippen molar-refractivity contribution in [1.29, 1.82) is 0 Å². The van der Waals surface area contributed by atoms with Gasteiger partial charge in [0.25, 0.3) is 0 Å². The fraction of sp³-hybridized carbons (Fsp3) is 0.625. The standard InChI is InChI=1S/C8H12N2O4/c11-4-6-5(12)3-7(14-6)10-2-1-9-8(10)13/h1-2,5-7,11-12H,3-4H2,(H,9,13)/t5?,6-,7-/m1/s1. The molecule has 0 spiro atoms. The van der Waals surface area contributed by atoms with Gasteiger partial charge in [0.1, 0.15) is 12.3 Å². The molecule has 6 heteroatoms. The number of nitrogens with one attached hydrogen (secondary N) is 1. The van der Waals surface area contributed by atoms with Crippen LogP contribution >= 0.6 is 0 Å². The molecule has 3 atom stereocenters. The number of imidazole rings is 1. The molecule has 0 aromatic carbocycles. The van der Waals surface area contributed by atoms with Crippen LogP contribution in [-0.4, -0.2) is 38.6 Å². The lowest BCUT2D eigenvalue weighted by Gasteiger charge is -2.11. The quantitative estimate of drug-likeness (QED) is 0.560. The first-order chi connectivity index (χ1) is 6.72. The number of hydrogen-bond acceptors (Lipinski definition) is 4. The van der Waals surface area contributed by atoms with Crippen molar-refractivity contribution in [3.8, 4) is 0 Å². The van der Waals surface area contributed by atoms with E-state index in [1.165, 1.54) is 10.8 Å². The highest BCUT2D eigenvalue weighted by atomic mass is 16.5. The van der Waals surface area contributed by atoms with Gasteiger partial charge in [-0.15, -0.1) is 0 Å². The zero-order valence-electron chi connectivity index (χ0n) is 7.46. The van der Waals surface area contributed by atoms with Crippen LogP contribution in [0.1, 0.15) is 12.6 Å². The van der Waals surface area contributed by atoms with E-state index in [-0.39, 0.29) is 12.3 Å². The molecule has 0 amide bonds. The first kappa shape index (κ1) is 9.45. The Balaban J connectivity index is 2.16. The summed E-state index contributed by atoms with van der Waals surface area (Å²) in [6.45, 7) is -0.239. The van der Waals surface area contributed by atoms with Crippen LogP contribution in [0.4, 0.5) is 0 Å². The second-order valence-corrected chi connectivity index (χ2v) is 3.29. The van der Waals surface area contributed by atoms with Crippen molar-refractivity contribution in [2.24, 2.45) is 0 Å². The fourth-order valence-electron chi connectivity index (χ4n) is 1.61. The number of aliphatic hydroxyl groups is 2. The van der Waals surface area contributed by atoms with Gasteiger partial charge in [-0.3, -0.25) is 4.57 Å². The van der Waals surface area contributed by atoms with Crippen molar-refractivity contribution in [3.05, 3.63) is 22.9 Å². The lowest BCUT2D eigenvalue weighted by atomic mass is 10.2. The molecule has 1 aliphatic rings. The molecule has 2 heterocycles. The maximum absolute atomic E-state index is 11.2. The minimum atomic E-state index is -0.716. The minimum Gasteiger partial charge on any atom is -0.394 e. The number of H-pyrrole nitrogens is 1. The summed E-state index contributed by atoms with van der Waals surface area (Å²) in [7, 11) is 0. The van der Waals surface area contributed by atoms with Gasteiger partial charge in [0.2, 0.25) is 0 Å². The highest BCUT2D eigenvalue weighted by molar-refractivity contribution is 4.85. The summed E-state index contributed by atoms with van der Waals surface area (Å²) in [5, 5.41) is 18.3. The second-order valence-electron chi connectivity index (χ2n) is 3.29. The molecule has 0 radical (unpaired) electrons. The Morgan fingerprint density at radius 3 is 3.00 bits per heavy atom. The van der Waals surface area contributed by atoms with Gasteiger partial charge in [-0.1, -0.05) is 0 Å². The van der Waals surface area contributed by atoms with E-state index in [2.05, 4.69) is 4.98 Å². The van der Waals surface area contributed by atoms with Crippen molar-refractivity contribution in [1.82, 2.24) is 9.55 Å². The normalized spacial score (nSPS) is 32.3. The van der Waals surface area contributed by atoms with E-state index in [4.69, 9.17) is 9.84 Å². The van der Waals surface area contributed by atoms with E-state index in [1.54, 1.807) is 6.20 Å². The number of hydrogen-bond donors (Lipinski definition) is 3. The molecule has 78 valence electrons. The number of ether oxygens (including phenoxy) is 1. The molecule has 3 N–H and O–H groups in total. The molecule has 1 aliphatic heterocycles. The van der Waals surface area contributed by atoms with Crippen molar-refractivity contribution in [3.63, 3.8) is 0 Å². The highest BCUT2D eigenvalue weighted by Crippen LogP contribution is 2.26. The summed E-state index contributed by atoms with van der Waals surface area (Å²) in [5.74, 6) is 0. The first-order valence-electron chi connectivity index (χ1n) is 4.42. The van der Waals surface area contributed by atoms with E-state index >= 15 is 0 Å². The third kappa shape index (κ3) is 1.47. The molecule has 2 rings (SSSR count). The Hall–Kier alpha value is -1.11. The highest BCUT2D eigenvalue weighted by Gasteiger charge is 2.34. The van der Waals surface area contributed by atoms with E-state index in [0.29, 0.717) is 6.42 Å². The molecule has 1 fully saturated rings. The smallest absolute Gasteiger partial charge is 0.327 e. The van der Waals surface area contributed by atoms with Gasteiger partial charge in [0.05, 0.1) is 12.7 Å². The maximum atomic E-state index is 11.2. The number of aromatic nitrogens is 2. The van der Waals surface area contributed by atoms with Crippen molar-refractivity contribution >= 4 is 0 Å². The Labute approximate surface area is 79.8 Å². The Kier molecular flexibility index (Phi) is 2.40. The van der Waals surface area contributed by atoms with Crippen LogP contribution in [0.3, 0.4) is 0 Å². The minimum absolute atomic E-state index is 0.239. The number of nitrogens with zero attached hydrogens (tertiary/aromatic N) is 1. The average molecular weight is 200 g/mol. The zero-order valence-corrected chi connectivity index (χ0v) is 7.46. The summed E-state index contributed by atoms with van der Waals surface area (Å²) in [6, 6.07) is 0. The largest absolute Gasteiger partial charge is 0.394 e. The molecule has 6 nitrogen and oxygen atoms in total. The van der Waals surface area contributed by atoms with Gasteiger partial charge in [-0.25, -0.2) is 4.79 Å². The van der Waals surface area contributed by atoms with Crippen molar-refractivity contribution in [2.45, 2.75) is 24.9 Å². The predicted molar refractivity (Wildman–Crippen MR) is 46.7 cm³/mol. The van der Waals surface area contributed by atoms with Gasteiger partial charge in [-0.2, -0.15) is 0 Å². The zero-order chi connectivity index (χ0) is 10.1. The van der Waals surface area contributed by atoms with Gasteiger partial charge in [-0.05, 0) is 0 Å². The van der Waals surface area contributed by atoms with Crippen molar-refractivity contribution in [2.75, 3.05) is 6.61 Å². The summed E-state index contributed by atoms with van der Waals surface area (Å²) in [6.07, 6.45) is 1.58. The lowest BCUT2D eigenvalue weighted by Crippen LogP contribution is -2.25.